The van der Waals surface area contributed by atoms with Crippen LogP contribution in [0.1, 0.15) is 5.56 Å². The van der Waals surface area contributed by atoms with E-state index in [0.29, 0.717) is 30.0 Å². The minimum Gasteiger partial charge on any atom is -0.360 e. The highest BCUT2D eigenvalue weighted by atomic mass is 35.5. The molecule has 3 aromatic rings. The number of pyridine rings is 1. The number of amides is 1. The third kappa shape index (κ3) is 3.48. The van der Waals surface area contributed by atoms with Crippen molar-refractivity contribution in [1.82, 2.24) is 9.88 Å². The van der Waals surface area contributed by atoms with Gasteiger partial charge in [0.25, 0.3) is 5.69 Å². The number of nitrogens with zero attached hydrogens (tertiary/aromatic N) is 4. The van der Waals surface area contributed by atoms with Gasteiger partial charge in [0.1, 0.15) is 0 Å². The van der Waals surface area contributed by atoms with Gasteiger partial charge in [0.2, 0.25) is 5.91 Å². The Morgan fingerprint density at radius 2 is 1.86 bits per heavy atom. The van der Waals surface area contributed by atoms with E-state index >= 15 is 0 Å². The smallest absolute Gasteiger partial charge is 0.278 e. The zero-order valence-electron chi connectivity index (χ0n) is 14.9. The van der Waals surface area contributed by atoms with Crippen LogP contribution in [-0.2, 0) is 11.3 Å². The van der Waals surface area contributed by atoms with Crippen LogP contribution < -0.4 is 4.90 Å². The van der Waals surface area contributed by atoms with Crippen LogP contribution in [0.25, 0.3) is 10.8 Å². The van der Waals surface area contributed by atoms with E-state index in [1.54, 1.807) is 18.3 Å². The van der Waals surface area contributed by atoms with Gasteiger partial charge < -0.3 is 9.80 Å². The van der Waals surface area contributed by atoms with Gasteiger partial charge in [-0.05, 0) is 29.8 Å². The molecule has 0 N–H and O–H groups in total. The van der Waals surface area contributed by atoms with Crippen LogP contribution in [0.4, 0.5) is 11.4 Å². The van der Waals surface area contributed by atoms with Crippen LogP contribution >= 0.6 is 11.6 Å². The Morgan fingerprint density at radius 3 is 2.57 bits per heavy atom. The molecule has 0 spiro atoms. The Balaban J connectivity index is 1.56. The molecule has 4 rings (SSSR count). The molecule has 1 aliphatic rings. The largest absolute Gasteiger partial charge is 0.360 e. The van der Waals surface area contributed by atoms with Crippen molar-refractivity contribution in [2.24, 2.45) is 0 Å². The molecule has 1 amide bonds. The average Bonchev–Trinajstić information content (AvgIpc) is 2.70. The fraction of sp³-hybridized carbons (Fsp3) is 0.200. The first kappa shape index (κ1) is 18.2. The normalized spacial score (nSPS) is 14.5. The number of fused-ring (bicyclic) bond motifs is 1. The second-order valence-corrected chi connectivity index (χ2v) is 7.08. The Bertz CT molecular complexity index is 1060. The van der Waals surface area contributed by atoms with Crippen LogP contribution in [0, 0.1) is 10.1 Å². The second kappa shape index (κ2) is 7.44. The van der Waals surface area contributed by atoms with Gasteiger partial charge in [-0.15, -0.1) is 0 Å². The number of benzene rings is 2. The summed E-state index contributed by atoms with van der Waals surface area (Å²) in [6.45, 7) is 1.98. The molecule has 7 nitrogen and oxygen atoms in total. The van der Waals surface area contributed by atoms with E-state index in [2.05, 4.69) is 4.98 Å². The first-order valence-electron chi connectivity index (χ1n) is 8.81. The van der Waals surface area contributed by atoms with Crippen molar-refractivity contribution in [2.45, 2.75) is 6.54 Å². The summed E-state index contributed by atoms with van der Waals surface area (Å²) in [5.74, 6) is 0.0155. The minimum atomic E-state index is -0.414. The topological polar surface area (TPSA) is 79.6 Å². The van der Waals surface area contributed by atoms with Crippen molar-refractivity contribution in [3.8, 4) is 0 Å². The van der Waals surface area contributed by atoms with E-state index in [4.69, 9.17) is 11.6 Å². The highest BCUT2D eigenvalue weighted by molar-refractivity contribution is 6.30. The lowest BCUT2D eigenvalue weighted by Crippen LogP contribution is -2.50. The van der Waals surface area contributed by atoms with E-state index in [1.165, 1.54) is 12.3 Å². The van der Waals surface area contributed by atoms with Gasteiger partial charge in [-0.25, -0.2) is 0 Å². The predicted molar refractivity (Wildman–Crippen MR) is 107 cm³/mol. The minimum absolute atomic E-state index is 0.0135. The van der Waals surface area contributed by atoms with Crippen molar-refractivity contribution in [2.75, 3.05) is 24.5 Å². The summed E-state index contributed by atoms with van der Waals surface area (Å²) >= 11 is 5.91. The summed E-state index contributed by atoms with van der Waals surface area (Å²) in [5, 5.41) is 13.2. The molecular formula is C20H17ClN4O3. The van der Waals surface area contributed by atoms with E-state index in [1.807, 2.05) is 34.1 Å². The fourth-order valence-electron chi connectivity index (χ4n) is 3.49. The van der Waals surface area contributed by atoms with Crippen molar-refractivity contribution in [1.29, 1.82) is 0 Å². The van der Waals surface area contributed by atoms with Crippen LogP contribution in [0.2, 0.25) is 5.02 Å². The van der Waals surface area contributed by atoms with Crippen LogP contribution in [-0.4, -0.2) is 40.3 Å². The highest BCUT2D eigenvalue weighted by Gasteiger charge is 2.26. The summed E-state index contributed by atoms with van der Waals surface area (Å²) < 4.78 is 0. The number of rotatable bonds is 4. The van der Waals surface area contributed by atoms with Gasteiger partial charge in [-0.1, -0.05) is 23.7 Å². The number of hydrogen-bond acceptors (Lipinski definition) is 5. The van der Waals surface area contributed by atoms with Crippen molar-refractivity contribution >= 4 is 39.7 Å². The molecule has 0 bridgehead atoms. The van der Waals surface area contributed by atoms with Crippen LogP contribution in [0.15, 0.2) is 54.9 Å². The molecule has 0 atom stereocenters. The van der Waals surface area contributed by atoms with Gasteiger partial charge in [0, 0.05) is 54.2 Å². The molecule has 2 aromatic carbocycles. The van der Waals surface area contributed by atoms with Gasteiger partial charge in [-0.3, -0.25) is 19.9 Å². The summed E-state index contributed by atoms with van der Waals surface area (Å²) in [7, 11) is 0. The van der Waals surface area contributed by atoms with Gasteiger partial charge in [0.05, 0.1) is 16.9 Å². The van der Waals surface area contributed by atoms with Crippen molar-refractivity contribution in [3.63, 3.8) is 0 Å². The summed E-state index contributed by atoms with van der Waals surface area (Å²) in [6, 6.07) is 12.4. The lowest BCUT2D eigenvalue weighted by atomic mass is 10.1. The predicted octanol–water partition coefficient (Wildman–Crippen LogP) is 3.65. The number of piperazine rings is 1. The zero-order chi connectivity index (χ0) is 19.7. The number of halogens is 1. The molecule has 0 aliphatic carbocycles. The SMILES string of the molecule is O=C1CN(c2ccc([N+](=O)[O-])c3cnccc23)CCN1Cc1ccc(Cl)cc1. The molecule has 28 heavy (non-hydrogen) atoms. The van der Waals surface area contributed by atoms with Crippen molar-refractivity contribution in [3.05, 3.63) is 75.6 Å². The molecule has 1 fully saturated rings. The average molecular weight is 397 g/mol. The summed E-state index contributed by atoms with van der Waals surface area (Å²) in [5.41, 5.74) is 1.85. The first-order chi connectivity index (χ1) is 13.5. The molecule has 1 saturated heterocycles. The third-order valence-electron chi connectivity index (χ3n) is 4.91. The zero-order valence-corrected chi connectivity index (χ0v) is 15.7. The van der Waals surface area contributed by atoms with E-state index in [9.17, 15) is 14.9 Å². The van der Waals surface area contributed by atoms with Crippen LogP contribution in [0.3, 0.4) is 0 Å². The second-order valence-electron chi connectivity index (χ2n) is 6.65. The van der Waals surface area contributed by atoms with E-state index in [0.717, 1.165) is 16.6 Å². The molecular weight excluding hydrogens is 380 g/mol. The maximum atomic E-state index is 12.7. The highest BCUT2D eigenvalue weighted by Crippen LogP contribution is 2.33. The molecule has 2 heterocycles. The third-order valence-corrected chi connectivity index (χ3v) is 5.17. The molecule has 0 radical (unpaired) electrons. The molecule has 1 aromatic heterocycles. The Morgan fingerprint density at radius 1 is 1.07 bits per heavy atom. The Labute approximate surface area is 166 Å². The van der Waals surface area contributed by atoms with E-state index in [-0.39, 0.29) is 18.1 Å². The number of carbonyl (C=O) groups excluding carboxylic acids is 1. The summed E-state index contributed by atoms with van der Waals surface area (Å²) in [6.07, 6.45) is 3.10. The quantitative estimate of drug-likeness (QED) is 0.496. The number of nitro benzene ring substituents is 1. The van der Waals surface area contributed by atoms with Gasteiger partial charge >= 0.3 is 0 Å². The number of nitro groups is 1. The number of anilines is 1. The summed E-state index contributed by atoms with van der Waals surface area (Å²) in [4.78, 5) is 31.4. The number of hydrogen-bond donors (Lipinski definition) is 0. The monoisotopic (exact) mass is 396 g/mol. The van der Waals surface area contributed by atoms with Gasteiger partial charge in [0.15, 0.2) is 0 Å². The van der Waals surface area contributed by atoms with Crippen molar-refractivity contribution < 1.29 is 9.72 Å². The maximum Gasteiger partial charge on any atom is 0.278 e. The number of aromatic nitrogens is 1. The lowest BCUT2D eigenvalue weighted by Gasteiger charge is -2.36. The Kier molecular flexibility index (Phi) is 4.83. The standard InChI is InChI=1S/C20H17ClN4O3/c21-15-3-1-14(2-4-15)12-24-10-9-23(13-20(24)26)18-5-6-19(25(27)28)17-11-22-8-7-16(17)18/h1-8,11H,9-10,12-13H2. The number of non-ortho nitro benzene ring substituents is 1. The Hall–Kier alpha value is -3.19. The fourth-order valence-corrected chi connectivity index (χ4v) is 3.61. The molecule has 1 aliphatic heterocycles. The van der Waals surface area contributed by atoms with E-state index < -0.39 is 4.92 Å². The molecule has 0 saturated carbocycles. The number of carbonyl (C=O) groups is 1. The molecule has 142 valence electrons. The molecule has 8 heteroatoms. The maximum absolute atomic E-state index is 12.7. The first-order valence-corrected chi connectivity index (χ1v) is 9.19. The molecule has 0 unspecified atom stereocenters. The lowest BCUT2D eigenvalue weighted by molar-refractivity contribution is -0.383. The van der Waals surface area contributed by atoms with Crippen LogP contribution in [0.5, 0.6) is 0 Å². The van der Waals surface area contributed by atoms with Gasteiger partial charge in [-0.2, -0.15) is 0 Å².